The molecule has 2 saturated heterocycles. The van der Waals surface area contributed by atoms with E-state index < -0.39 is 0 Å². The van der Waals surface area contributed by atoms with E-state index in [9.17, 15) is 0 Å². The topological polar surface area (TPSA) is 24.1 Å². The highest BCUT2D eigenvalue weighted by Gasteiger charge is 2.36. The molecule has 0 aromatic rings. The Kier molecular flexibility index (Phi) is 1.89. The minimum atomic E-state index is 0.487. The fourth-order valence-corrected chi connectivity index (χ4v) is 2.72. The van der Waals surface area contributed by atoms with E-state index in [2.05, 4.69) is 22.4 Å². The molecular formula is C7H14N2S. The summed E-state index contributed by atoms with van der Waals surface area (Å²) in [4.78, 5) is 0. The summed E-state index contributed by atoms with van der Waals surface area (Å²) in [6, 6.07) is 0. The van der Waals surface area contributed by atoms with Crippen molar-refractivity contribution in [2.75, 3.05) is 31.1 Å². The molecule has 10 heavy (non-hydrogen) atoms. The number of hydrogen-bond donors (Lipinski definition) is 2. The SMILES string of the molecule is C1CSCC2(CCN2)CN1. The van der Waals surface area contributed by atoms with E-state index in [4.69, 9.17) is 0 Å². The van der Waals surface area contributed by atoms with Crippen LogP contribution in [0.5, 0.6) is 0 Å². The van der Waals surface area contributed by atoms with E-state index in [1.807, 2.05) is 0 Å². The van der Waals surface area contributed by atoms with E-state index in [0.29, 0.717) is 5.54 Å². The van der Waals surface area contributed by atoms with Gasteiger partial charge in [0.15, 0.2) is 0 Å². The average molecular weight is 158 g/mol. The first kappa shape index (κ1) is 6.95. The molecule has 0 amide bonds. The largest absolute Gasteiger partial charge is 0.314 e. The van der Waals surface area contributed by atoms with Crippen molar-refractivity contribution < 1.29 is 0 Å². The van der Waals surface area contributed by atoms with Crippen LogP contribution in [-0.4, -0.2) is 36.7 Å². The summed E-state index contributed by atoms with van der Waals surface area (Å²) < 4.78 is 0. The molecule has 2 rings (SSSR count). The minimum absolute atomic E-state index is 0.487. The van der Waals surface area contributed by atoms with Gasteiger partial charge in [-0.2, -0.15) is 11.8 Å². The number of nitrogens with one attached hydrogen (secondary N) is 2. The van der Waals surface area contributed by atoms with Crippen LogP contribution in [0.3, 0.4) is 0 Å². The maximum absolute atomic E-state index is 3.52. The molecule has 2 N–H and O–H groups in total. The Morgan fingerprint density at radius 2 is 2.20 bits per heavy atom. The molecule has 0 radical (unpaired) electrons. The monoisotopic (exact) mass is 158 g/mol. The summed E-state index contributed by atoms with van der Waals surface area (Å²) in [6.07, 6.45) is 1.37. The standard InChI is InChI=1S/C7H14N2S/c1-2-9-7(1)5-8-3-4-10-6-7/h8-9H,1-6H2. The van der Waals surface area contributed by atoms with Crippen LogP contribution in [0.15, 0.2) is 0 Å². The number of hydrogen-bond acceptors (Lipinski definition) is 3. The van der Waals surface area contributed by atoms with Crippen LogP contribution in [-0.2, 0) is 0 Å². The number of rotatable bonds is 0. The van der Waals surface area contributed by atoms with Crippen molar-refractivity contribution in [3.8, 4) is 0 Å². The van der Waals surface area contributed by atoms with Gasteiger partial charge in [-0.1, -0.05) is 0 Å². The van der Waals surface area contributed by atoms with Gasteiger partial charge in [0, 0.05) is 30.1 Å². The van der Waals surface area contributed by atoms with E-state index in [1.165, 1.54) is 37.6 Å². The number of thioether (sulfide) groups is 1. The third-order valence-corrected chi connectivity index (χ3v) is 3.62. The second-order valence-electron chi connectivity index (χ2n) is 3.19. The molecule has 3 heteroatoms. The van der Waals surface area contributed by atoms with Crippen LogP contribution in [0.4, 0.5) is 0 Å². The molecule has 2 fully saturated rings. The van der Waals surface area contributed by atoms with Crippen molar-refractivity contribution in [1.82, 2.24) is 10.6 Å². The Morgan fingerprint density at radius 1 is 1.30 bits per heavy atom. The summed E-state index contributed by atoms with van der Waals surface area (Å²) in [5.41, 5.74) is 0.487. The van der Waals surface area contributed by atoms with Crippen LogP contribution in [0.25, 0.3) is 0 Å². The average Bonchev–Trinajstić information content (AvgIpc) is 2.08. The zero-order valence-electron chi connectivity index (χ0n) is 6.15. The maximum Gasteiger partial charge on any atom is 0.0409 e. The van der Waals surface area contributed by atoms with Gasteiger partial charge in [-0.3, -0.25) is 0 Å². The van der Waals surface area contributed by atoms with Gasteiger partial charge in [-0.25, -0.2) is 0 Å². The van der Waals surface area contributed by atoms with Gasteiger partial charge in [0.2, 0.25) is 0 Å². The lowest BCUT2D eigenvalue weighted by molar-refractivity contribution is 0.235. The van der Waals surface area contributed by atoms with E-state index in [-0.39, 0.29) is 0 Å². The van der Waals surface area contributed by atoms with Crippen LogP contribution in [0.2, 0.25) is 0 Å². The predicted octanol–water partition coefficient (Wildman–Crippen LogP) is 0.0549. The quantitative estimate of drug-likeness (QED) is 0.521. The first-order chi connectivity index (χ1) is 4.91. The minimum Gasteiger partial charge on any atom is -0.314 e. The van der Waals surface area contributed by atoms with Gasteiger partial charge in [0.1, 0.15) is 0 Å². The third kappa shape index (κ3) is 1.18. The van der Waals surface area contributed by atoms with Crippen molar-refractivity contribution in [2.24, 2.45) is 0 Å². The fourth-order valence-electron chi connectivity index (χ4n) is 1.54. The van der Waals surface area contributed by atoms with Crippen molar-refractivity contribution in [3.05, 3.63) is 0 Å². The molecule has 0 aromatic heterocycles. The lowest BCUT2D eigenvalue weighted by Gasteiger charge is -2.42. The van der Waals surface area contributed by atoms with Gasteiger partial charge in [-0.05, 0) is 13.0 Å². The summed E-state index contributed by atoms with van der Waals surface area (Å²) >= 11 is 2.07. The lowest BCUT2D eigenvalue weighted by atomic mass is 9.90. The molecule has 2 nitrogen and oxygen atoms in total. The second-order valence-corrected chi connectivity index (χ2v) is 4.29. The van der Waals surface area contributed by atoms with Gasteiger partial charge < -0.3 is 10.6 Å². The van der Waals surface area contributed by atoms with Crippen molar-refractivity contribution in [3.63, 3.8) is 0 Å². The molecule has 1 spiro atoms. The molecule has 2 heterocycles. The first-order valence-corrected chi connectivity index (χ1v) is 5.10. The van der Waals surface area contributed by atoms with Crippen LogP contribution in [0.1, 0.15) is 6.42 Å². The van der Waals surface area contributed by atoms with Crippen LogP contribution < -0.4 is 10.6 Å². The molecule has 0 saturated carbocycles. The fraction of sp³-hybridized carbons (Fsp3) is 1.00. The van der Waals surface area contributed by atoms with Gasteiger partial charge in [0.05, 0.1) is 0 Å². The molecule has 0 bridgehead atoms. The normalized spacial score (nSPS) is 40.8. The van der Waals surface area contributed by atoms with Crippen molar-refractivity contribution >= 4 is 11.8 Å². The van der Waals surface area contributed by atoms with E-state index >= 15 is 0 Å². The smallest absolute Gasteiger partial charge is 0.0409 e. The predicted molar refractivity (Wildman–Crippen MR) is 45.5 cm³/mol. The summed E-state index contributed by atoms with van der Waals surface area (Å²) in [5, 5.41) is 6.97. The Bertz CT molecular complexity index is 113. The van der Waals surface area contributed by atoms with Crippen LogP contribution in [0, 0.1) is 0 Å². The molecule has 1 atom stereocenters. The van der Waals surface area contributed by atoms with E-state index in [1.54, 1.807) is 0 Å². The highest BCUT2D eigenvalue weighted by Crippen LogP contribution is 2.24. The maximum atomic E-state index is 3.52. The third-order valence-electron chi connectivity index (χ3n) is 2.37. The highest BCUT2D eigenvalue weighted by molar-refractivity contribution is 7.99. The Morgan fingerprint density at radius 3 is 2.90 bits per heavy atom. The zero-order chi connectivity index (χ0) is 6.86. The van der Waals surface area contributed by atoms with Gasteiger partial charge in [-0.15, -0.1) is 0 Å². The van der Waals surface area contributed by atoms with Gasteiger partial charge in [0.25, 0.3) is 0 Å². The summed E-state index contributed by atoms with van der Waals surface area (Å²) in [5.74, 6) is 2.59. The second kappa shape index (κ2) is 2.72. The highest BCUT2D eigenvalue weighted by atomic mass is 32.2. The first-order valence-electron chi connectivity index (χ1n) is 3.95. The Balaban J connectivity index is 1.92. The lowest BCUT2D eigenvalue weighted by Crippen LogP contribution is -2.63. The molecule has 58 valence electrons. The summed E-state index contributed by atoms with van der Waals surface area (Å²) in [7, 11) is 0. The van der Waals surface area contributed by atoms with Crippen LogP contribution >= 0.6 is 11.8 Å². The molecule has 0 aromatic carbocycles. The van der Waals surface area contributed by atoms with Crippen molar-refractivity contribution in [2.45, 2.75) is 12.0 Å². The molecular weight excluding hydrogens is 144 g/mol. The van der Waals surface area contributed by atoms with Gasteiger partial charge >= 0.3 is 0 Å². The zero-order valence-corrected chi connectivity index (χ0v) is 6.97. The molecule has 2 aliphatic rings. The van der Waals surface area contributed by atoms with Crippen molar-refractivity contribution in [1.29, 1.82) is 0 Å². The Hall–Kier alpha value is 0.270. The summed E-state index contributed by atoms with van der Waals surface area (Å²) in [6.45, 7) is 3.59. The Labute approximate surface area is 66.1 Å². The molecule has 2 aliphatic heterocycles. The van der Waals surface area contributed by atoms with E-state index in [0.717, 1.165) is 0 Å². The molecule has 1 unspecified atom stereocenters. The molecule has 0 aliphatic carbocycles.